The Balaban J connectivity index is 2.30. The van der Waals surface area contributed by atoms with E-state index in [9.17, 15) is 19.2 Å². The number of carbonyl (C=O) groups excluding carboxylic acids is 4. The molecule has 0 aliphatic carbocycles. The van der Waals surface area contributed by atoms with Crippen molar-refractivity contribution in [2.75, 3.05) is 19.8 Å². The van der Waals surface area contributed by atoms with Gasteiger partial charge in [-0.3, -0.25) is 4.79 Å². The summed E-state index contributed by atoms with van der Waals surface area (Å²) < 4.78 is 15.7. The predicted octanol–water partition coefficient (Wildman–Crippen LogP) is 2.61. The number of carbonyl (C=O) groups is 4. The molecule has 9 nitrogen and oxygen atoms in total. The number of nitrogens with one attached hydrogen (secondary N) is 1. The number of aryl methyl sites for hydroxylation is 1. The third-order valence-corrected chi connectivity index (χ3v) is 5.11. The fraction of sp³-hybridized carbons (Fsp3) is 0.583. The number of amides is 2. The number of likely N-dealkylation sites (tertiary alicyclic amines) is 1. The molecule has 0 saturated carbocycles. The third-order valence-electron chi connectivity index (χ3n) is 5.11. The summed E-state index contributed by atoms with van der Waals surface area (Å²) >= 11 is 0. The number of ether oxygens (including phenoxy) is 3. The highest BCUT2D eigenvalue weighted by molar-refractivity contribution is 5.92. The van der Waals surface area contributed by atoms with E-state index in [1.165, 1.54) is 4.90 Å². The number of benzene rings is 1. The van der Waals surface area contributed by atoms with Crippen LogP contribution in [0.1, 0.15) is 53.0 Å². The average Bonchev–Trinajstić information content (AvgIpc) is 3.12. The summed E-state index contributed by atoms with van der Waals surface area (Å²) in [7, 11) is 0. The molecule has 1 saturated heterocycles. The monoisotopic (exact) mass is 462 g/mol. The third kappa shape index (κ3) is 7.20. The number of nitrogens with zero attached hydrogens (tertiary/aromatic N) is 1. The quantitative estimate of drug-likeness (QED) is 0.467. The minimum absolute atomic E-state index is 0.0720. The lowest BCUT2D eigenvalue weighted by Crippen LogP contribution is -2.58. The van der Waals surface area contributed by atoms with Crippen molar-refractivity contribution >= 4 is 23.9 Å². The fourth-order valence-electron chi connectivity index (χ4n) is 3.71. The molecular formula is C24H34N2O7. The van der Waals surface area contributed by atoms with Crippen LogP contribution in [0.2, 0.25) is 0 Å². The molecule has 1 heterocycles. The first-order chi connectivity index (χ1) is 15.5. The van der Waals surface area contributed by atoms with Gasteiger partial charge in [0.1, 0.15) is 11.6 Å². The Bertz CT molecular complexity index is 850. The van der Waals surface area contributed by atoms with Crippen molar-refractivity contribution in [3.05, 3.63) is 35.9 Å². The first kappa shape index (κ1) is 26.2. The van der Waals surface area contributed by atoms with Crippen LogP contribution in [0.15, 0.2) is 30.3 Å². The lowest BCUT2D eigenvalue weighted by Gasteiger charge is -2.29. The Morgan fingerprint density at radius 1 is 1.06 bits per heavy atom. The van der Waals surface area contributed by atoms with Gasteiger partial charge in [0.2, 0.25) is 5.91 Å². The van der Waals surface area contributed by atoms with Crippen LogP contribution in [0.4, 0.5) is 4.79 Å². The lowest BCUT2D eigenvalue weighted by molar-refractivity contribution is -0.153. The maximum atomic E-state index is 13.1. The van der Waals surface area contributed by atoms with E-state index in [-0.39, 0.29) is 38.5 Å². The second-order valence-electron chi connectivity index (χ2n) is 8.91. The van der Waals surface area contributed by atoms with Crippen LogP contribution in [0.5, 0.6) is 0 Å². The Labute approximate surface area is 194 Å². The number of esters is 2. The van der Waals surface area contributed by atoms with Gasteiger partial charge in [0.25, 0.3) is 0 Å². The van der Waals surface area contributed by atoms with Crippen molar-refractivity contribution in [3.8, 4) is 0 Å². The smallest absolute Gasteiger partial charge is 0.408 e. The summed E-state index contributed by atoms with van der Waals surface area (Å²) in [5.41, 5.74) is -1.45. The zero-order valence-corrected chi connectivity index (χ0v) is 20.0. The predicted molar refractivity (Wildman–Crippen MR) is 120 cm³/mol. The van der Waals surface area contributed by atoms with E-state index in [0.29, 0.717) is 6.42 Å². The van der Waals surface area contributed by atoms with Gasteiger partial charge in [0.05, 0.1) is 19.8 Å². The number of rotatable bonds is 8. The molecule has 9 heteroatoms. The SMILES string of the molecule is CCOC(=O)[C@H]1C[C@](NC(=O)OC(C)(C)C)(C(=O)OCC)CN1C(=O)CCc1ccccc1. The maximum absolute atomic E-state index is 13.1. The van der Waals surface area contributed by atoms with Crippen LogP contribution in [-0.2, 0) is 35.0 Å². The molecule has 0 radical (unpaired) electrons. The lowest BCUT2D eigenvalue weighted by atomic mass is 9.96. The topological polar surface area (TPSA) is 111 Å². The van der Waals surface area contributed by atoms with Gasteiger partial charge in [-0.2, -0.15) is 0 Å². The highest BCUT2D eigenvalue weighted by atomic mass is 16.6. The molecule has 1 N–H and O–H groups in total. The van der Waals surface area contributed by atoms with Crippen LogP contribution in [0.25, 0.3) is 0 Å². The Hall–Kier alpha value is -3.10. The second kappa shape index (κ2) is 11.2. The summed E-state index contributed by atoms with van der Waals surface area (Å²) in [6, 6.07) is 8.44. The fourth-order valence-corrected chi connectivity index (χ4v) is 3.71. The molecule has 1 aromatic carbocycles. The van der Waals surface area contributed by atoms with Crippen molar-refractivity contribution in [3.63, 3.8) is 0 Å². The minimum atomic E-state index is -1.63. The molecule has 0 bridgehead atoms. The molecule has 2 atom stereocenters. The molecule has 1 aliphatic rings. The van der Waals surface area contributed by atoms with Crippen LogP contribution in [0.3, 0.4) is 0 Å². The molecule has 1 fully saturated rings. The Morgan fingerprint density at radius 2 is 1.70 bits per heavy atom. The van der Waals surface area contributed by atoms with E-state index in [1.54, 1.807) is 34.6 Å². The van der Waals surface area contributed by atoms with Crippen LogP contribution >= 0.6 is 0 Å². The van der Waals surface area contributed by atoms with Gasteiger partial charge >= 0.3 is 18.0 Å². The van der Waals surface area contributed by atoms with Crippen LogP contribution in [-0.4, -0.2) is 65.8 Å². The van der Waals surface area contributed by atoms with E-state index in [4.69, 9.17) is 14.2 Å². The molecule has 1 aliphatic heterocycles. The van der Waals surface area contributed by atoms with Crippen LogP contribution in [0, 0.1) is 0 Å². The maximum Gasteiger partial charge on any atom is 0.408 e. The van der Waals surface area contributed by atoms with Gasteiger partial charge in [0.15, 0.2) is 5.54 Å². The molecule has 0 unspecified atom stereocenters. The molecule has 1 aromatic rings. The van der Waals surface area contributed by atoms with E-state index < -0.39 is 35.2 Å². The minimum Gasteiger partial charge on any atom is -0.464 e. The van der Waals surface area contributed by atoms with Crippen molar-refractivity contribution in [2.45, 2.75) is 71.1 Å². The van der Waals surface area contributed by atoms with Crippen molar-refractivity contribution in [2.24, 2.45) is 0 Å². The Kier molecular flexibility index (Phi) is 8.84. The molecule has 2 amide bonds. The number of alkyl carbamates (subject to hydrolysis) is 1. The van der Waals surface area contributed by atoms with E-state index in [0.717, 1.165) is 5.56 Å². The van der Waals surface area contributed by atoms with E-state index in [1.807, 2.05) is 30.3 Å². The van der Waals surface area contributed by atoms with Gasteiger partial charge in [-0.25, -0.2) is 14.4 Å². The molecule has 33 heavy (non-hydrogen) atoms. The molecule has 2 rings (SSSR count). The summed E-state index contributed by atoms with van der Waals surface area (Å²) in [4.78, 5) is 52.7. The summed E-state index contributed by atoms with van der Waals surface area (Å²) in [5.74, 6) is -1.69. The highest BCUT2D eigenvalue weighted by Crippen LogP contribution is 2.31. The van der Waals surface area contributed by atoms with Crippen molar-refractivity contribution < 1.29 is 33.4 Å². The highest BCUT2D eigenvalue weighted by Gasteiger charge is 2.56. The first-order valence-corrected chi connectivity index (χ1v) is 11.2. The van der Waals surface area contributed by atoms with Gasteiger partial charge < -0.3 is 24.4 Å². The van der Waals surface area contributed by atoms with Crippen molar-refractivity contribution in [1.29, 1.82) is 0 Å². The van der Waals surface area contributed by atoms with Gasteiger partial charge in [-0.15, -0.1) is 0 Å². The normalized spacial score (nSPS) is 20.2. The van der Waals surface area contributed by atoms with E-state index in [2.05, 4.69) is 5.32 Å². The molecule has 0 spiro atoms. The average molecular weight is 463 g/mol. The molecule has 0 aromatic heterocycles. The van der Waals surface area contributed by atoms with Crippen LogP contribution < -0.4 is 5.32 Å². The van der Waals surface area contributed by atoms with Gasteiger partial charge in [0, 0.05) is 12.8 Å². The zero-order valence-electron chi connectivity index (χ0n) is 20.0. The second-order valence-corrected chi connectivity index (χ2v) is 8.91. The largest absolute Gasteiger partial charge is 0.464 e. The van der Waals surface area contributed by atoms with Gasteiger partial charge in [-0.05, 0) is 46.6 Å². The first-order valence-electron chi connectivity index (χ1n) is 11.2. The summed E-state index contributed by atoms with van der Waals surface area (Å²) in [5, 5.41) is 2.58. The van der Waals surface area contributed by atoms with E-state index >= 15 is 0 Å². The number of hydrogen-bond acceptors (Lipinski definition) is 7. The Morgan fingerprint density at radius 3 is 2.27 bits per heavy atom. The standard InChI is InChI=1S/C24H34N2O7/c1-6-31-20(28)18-15-24(21(29)32-7-2,25-22(30)33-23(3,4)5)16-26(18)19(27)14-13-17-11-9-8-10-12-17/h8-12,18H,6-7,13-16H2,1-5H3,(H,25,30)/t18-,24-/m1/s1. The molecule has 182 valence electrons. The summed E-state index contributed by atoms with van der Waals surface area (Å²) in [6.07, 6.45) is -0.402. The number of hydrogen-bond donors (Lipinski definition) is 1. The summed E-state index contributed by atoms with van der Waals surface area (Å²) in [6.45, 7) is 8.35. The van der Waals surface area contributed by atoms with Crippen molar-refractivity contribution in [1.82, 2.24) is 10.2 Å². The zero-order chi connectivity index (χ0) is 24.6. The molecular weight excluding hydrogens is 428 g/mol. The van der Waals surface area contributed by atoms with Gasteiger partial charge in [-0.1, -0.05) is 30.3 Å².